The zero-order valence-electron chi connectivity index (χ0n) is 11.6. The number of nitrogens with one attached hydrogen (secondary N) is 1. The summed E-state index contributed by atoms with van der Waals surface area (Å²) in [6, 6.07) is 4.97. The van der Waals surface area contributed by atoms with Gasteiger partial charge in [-0.15, -0.1) is 11.6 Å². The standard InChI is InChI=1S/C14H18ClN3O2/c1-9-5-3-7-12(16-9)17-13(19)11-6-4-8-18(11)14(20)10(2)15/h3,5,7,10-11H,4,6,8H2,1-2H3,(H,16,17,19)/t10?,11-/m0/s1. The third kappa shape index (κ3) is 3.28. The number of nitrogens with zero attached hydrogens (tertiary/aromatic N) is 2. The molecule has 5 nitrogen and oxygen atoms in total. The molecule has 0 saturated carbocycles. The third-order valence-corrected chi connectivity index (χ3v) is 3.51. The Morgan fingerprint density at radius 3 is 2.90 bits per heavy atom. The molecule has 2 amide bonds. The molecular weight excluding hydrogens is 278 g/mol. The first-order valence-electron chi connectivity index (χ1n) is 6.68. The normalized spacial score (nSPS) is 19.8. The van der Waals surface area contributed by atoms with E-state index in [1.54, 1.807) is 17.9 Å². The Bertz CT molecular complexity index is 519. The number of likely N-dealkylation sites (tertiary alicyclic amines) is 1. The second kappa shape index (κ2) is 6.22. The highest BCUT2D eigenvalue weighted by molar-refractivity contribution is 6.30. The predicted molar refractivity (Wildman–Crippen MR) is 77.7 cm³/mol. The molecule has 0 aliphatic carbocycles. The van der Waals surface area contributed by atoms with Crippen molar-refractivity contribution in [1.29, 1.82) is 0 Å². The number of amides is 2. The summed E-state index contributed by atoms with van der Waals surface area (Å²) in [4.78, 5) is 30.0. The van der Waals surface area contributed by atoms with Crippen LogP contribution in [0.5, 0.6) is 0 Å². The number of hydrogen-bond acceptors (Lipinski definition) is 3. The van der Waals surface area contributed by atoms with Crippen molar-refractivity contribution in [3.63, 3.8) is 0 Å². The zero-order valence-corrected chi connectivity index (χ0v) is 12.4. The average Bonchev–Trinajstić information content (AvgIpc) is 2.86. The highest BCUT2D eigenvalue weighted by Gasteiger charge is 2.35. The molecule has 1 aromatic heterocycles. The minimum Gasteiger partial charge on any atom is -0.329 e. The minimum absolute atomic E-state index is 0.193. The van der Waals surface area contributed by atoms with Gasteiger partial charge in [-0.2, -0.15) is 0 Å². The quantitative estimate of drug-likeness (QED) is 0.867. The van der Waals surface area contributed by atoms with Crippen LogP contribution >= 0.6 is 11.6 Å². The number of rotatable bonds is 3. The molecule has 0 spiro atoms. The minimum atomic E-state index is -0.611. The Morgan fingerprint density at radius 2 is 2.25 bits per heavy atom. The second-order valence-corrected chi connectivity index (χ2v) is 5.61. The highest BCUT2D eigenvalue weighted by atomic mass is 35.5. The molecule has 0 aromatic carbocycles. The number of anilines is 1. The summed E-state index contributed by atoms with van der Waals surface area (Å²) in [5.74, 6) is 0.112. The molecule has 0 bridgehead atoms. The van der Waals surface area contributed by atoms with E-state index in [0.717, 1.165) is 12.1 Å². The number of carbonyl (C=O) groups is 2. The van der Waals surface area contributed by atoms with Crippen LogP contribution in [0.1, 0.15) is 25.5 Å². The number of halogens is 1. The van der Waals surface area contributed by atoms with E-state index in [0.29, 0.717) is 18.8 Å². The monoisotopic (exact) mass is 295 g/mol. The number of alkyl halides is 1. The van der Waals surface area contributed by atoms with Crippen LogP contribution in [-0.4, -0.2) is 39.7 Å². The Kier molecular flexibility index (Phi) is 4.60. The first-order valence-corrected chi connectivity index (χ1v) is 7.12. The van der Waals surface area contributed by atoms with Crippen molar-refractivity contribution in [3.05, 3.63) is 23.9 Å². The Labute approximate surface area is 123 Å². The fraction of sp³-hybridized carbons (Fsp3) is 0.500. The number of hydrogen-bond donors (Lipinski definition) is 1. The number of aromatic nitrogens is 1. The van der Waals surface area contributed by atoms with Gasteiger partial charge < -0.3 is 10.2 Å². The van der Waals surface area contributed by atoms with Crippen molar-refractivity contribution in [2.24, 2.45) is 0 Å². The van der Waals surface area contributed by atoms with Crippen molar-refractivity contribution in [3.8, 4) is 0 Å². The molecule has 1 fully saturated rings. The maximum absolute atomic E-state index is 12.3. The van der Waals surface area contributed by atoms with Crippen LogP contribution in [0.4, 0.5) is 5.82 Å². The maximum Gasteiger partial charge on any atom is 0.248 e. The molecule has 1 unspecified atom stereocenters. The van der Waals surface area contributed by atoms with Gasteiger partial charge in [0.2, 0.25) is 11.8 Å². The molecule has 0 radical (unpaired) electrons. The summed E-state index contributed by atoms with van der Waals surface area (Å²) in [7, 11) is 0. The lowest BCUT2D eigenvalue weighted by Gasteiger charge is -2.24. The molecule has 2 heterocycles. The smallest absolute Gasteiger partial charge is 0.248 e. The van der Waals surface area contributed by atoms with E-state index in [9.17, 15) is 9.59 Å². The SMILES string of the molecule is Cc1cccc(NC(=O)[C@@H]2CCCN2C(=O)C(C)Cl)n1. The predicted octanol–water partition coefficient (Wildman–Crippen LogP) is 1.95. The molecule has 20 heavy (non-hydrogen) atoms. The van der Waals surface area contributed by atoms with Crippen LogP contribution in [0, 0.1) is 6.92 Å². The first-order chi connectivity index (χ1) is 9.49. The number of pyridine rings is 1. The molecule has 6 heteroatoms. The molecule has 1 aliphatic rings. The van der Waals surface area contributed by atoms with Gasteiger partial charge in [-0.05, 0) is 38.8 Å². The zero-order chi connectivity index (χ0) is 14.7. The van der Waals surface area contributed by atoms with Crippen molar-refractivity contribution in [1.82, 2.24) is 9.88 Å². The van der Waals surface area contributed by atoms with Crippen molar-refractivity contribution in [2.45, 2.75) is 38.1 Å². The summed E-state index contributed by atoms with van der Waals surface area (Å²) in [6.07, 6.45) is 1.47. The summed E-state index contributed by atoms with van der Waals surface area (Å²) in [5.41, 5.74) is 0.830. The van der Waals surface area contributed by atoms with E-state index in [1.807, 2.05) is 19.1 Å². The Balaban J connectivity index is 2.06. The van der Waals surface area contributed by atoms with Crippen LogP contribution < -0.4 is 5.32 Å². The summed E-state index contributed by atoms with van der Waals surface area (Å²) >= 11 is 5.82. The van der Waals surface area contributed by atoms with E-state index in [2.05, 4.69) is 10.3 Å². The Morgan fingerprint density at radius 1 is 1.50 bits per heavy atom. The molecular formula is C14H18ClN3O2. The van der Waals surface area contributed by atoms with E-state index < -0.39 is 11.4 Å². The number of carbonyl (C=O) groups excluding carboxylic acids is 2. The molecule has 1 aromatic rings. The van der Waals surface area contributed by atoms with Gasteiger partial charge in [0.05, 0.1) is 0 Å². The number of aryl methyl sites for hydroxylation is 1. The van der Waals surface area contributed by atoms with Gasteiger partial charge in [-0.3, -0.25) is 9.59 Å². The van der Waals surface area contributed by atoms with Crippen molar-refractivity contribution in [2.75, 3.05) is 11.9 Å². The first kappa shape index (κ1) is 14.8. The van der Waals surface area contributed by atoms with E-state index in [-0.39, 0.29) is 11.8 Å². The molecule has 2 atom stereocenters. The average molecular weight is 296 g/mol. The maximum atomic E-state index is 12.3. The van der Waals surface area contributed by atoms with Crippen molar-refractivity contribution >= 4 is 29.2 Å². The van der Waals surface area contributed by atoms with Gasteiger partial charge in [0.1, 0.15) is 17.2 Å². The van der Waals surface area contributed by atoms with E-state index in [1.165, 1.54) is 0 Å². The second-order valence-electron chi connectivity index (χ2n) is 4.96. The largest absolute Gasteiger partial charge is 0.329 e. The molecule has 1 aliphatic heterocycles. The molecule has 108 valence electrons. The van der Waals surface area contributed by atoms with E-state index in [4.69, 9.17) is 11.6 Å². The highest BCUT2D eigenvalue weighted by Crippen LogP contribution is 2.21. The summed E-state index contributed by atoms with van der Waals surface area (Å²) in [6.45, 7) is 4.06. The fourth-order valence-corrected chi connectivity index (χ4v) is 2.48. The van der Waals surface area contributed by atoms with Crippen LogP contribution in [-0.2, 0) is 9.59 Å². The van der Waals surface area contributed by atoms with Gasteiger partial charge in [0.15, 0.2) is 0 Å². The molecule has 2 rings (SSSR count). The lowest BCUT2D eigenvalue weighted by molar-refractivity contribution is -0.136. The van der Waals surface area contributed by atoms with Gasteiger partial charge in [0.25, 0.3) is 0 Å². The summed E-state index contributed by atoms with van der Waals surface area (Å²) in [5, 5.41) is 2.15. The van der Waals surface area contributed by atoms with Gasteiger partial charge in [0, 0.05) is 12.2 Å². The van der Waals surface area contributed by atoms with Crippen LogP contribution in [0.25, 0.3) is 0 Å². The van der Waals surface area contributed by atoms with Crippen LogP contribution in [0.3, 0.4) is 0 Å². The summed E-state index contributed by atoms with van der Waals surface area (Å²) < 4.78 is 0. The van der Waals surface area contributed by atoms with Crippen LogP contribution in [0.15, 0.2) is 18.2 Å². The lowest BCUT2D eigenvalue weighted by atomic mass is 10.2. The molecule has 1 saturated heterocycles. The van der Waals surface area contributed by atoms with Gasteiger partial charge in [-0.1, -0.05) is 6.07 Å². The lowest BCUT2D eigenvalue weighted by Crippen LogP contribution is -2.45. The van der Waals surface area contributed by atoms with Gasteiger partial charge >= 0.3 is 0 Å². The fourth-order valence-electron chi connectivity index (χ4n) is 2.35. The van der Waals surface area contributed by atoms with Crippen molar-refractivity contribution < 1.29 is 9.59 Å². The van der Waals surface area contributed by atoms with E-state index >= 15 is 0 Å². The van der Waals surface area contributed by atoms with Crippen LogP contribution in [0.2, 0.25) is 0 Å². The topological polar surface area (TPSA) is 62.3 Å². The Hall–Kier alpha value is -1.62. The van der Waals surface area contributed by atoms with Gasteiger partial charge in [-0.25, -0.2) is 4.98 Å². The molecule has 1 N–H and O–H groups in total. The third-order valence-electron chi connectivity index (χ3n) is 3.32.